The summed E-state index contributed by atoms with van der Waals surface area (Å²) in [5.74, 6) is -1.89. The summed E-state index contributed by atoms with van der Waals surface area (Å²) in [7, 11) is 0. The molecule has 0 aromatic heterocycles. The molecule has 0 saturated carbocycles. The second kappa shape index (κ2) is 23.5. The van der Waals surface area contributed by atoms with E-state index >= 15 is 0 Å². The van der Waals surface area contributed by atoms with Gasteiger partial charge in [-0.25, -0.2) is 19.2 Å². The first-order chi connectivity index (χ1) is 31.1. The summed E-state index contributed by atoms with van der Waals surface area (Å²) in [6, 6.07) is 27.9. The first kappa shape index (κ1) is 46.6. The van der Waals surface area contributed by atoms with Gasteiger partial charge in [0.15, 0.2) is 12.2 Å². The lowest BCUT2D eigenvalue weighted by atomic mass is 10.0. The van der Waals surface area contributed by atoms with Crippen LogP contribution in [0.3, 0.4) is 0 Å². The van der Waals surface area contributed by atoms with Gasteiger partial charge in [-0.15, -0.1) is 0 Å². The molecule has 2 heterocycles. The zero-order valence-electron chi connectivity index (χ0n) is 35.3. The maximum Gasteiger partial charge on any atom is 0.338 e. The lowest BCUT2D eigenvalue weighted by Gasteiger charge is -2.17. The first-order valence-corrected chi connectivity index (χ1v) is 21.2. The number of fused-ring (bicyclic) bond motifs is 1. The van der Waals surface area contributed by atoms with E-state index in [9.17, 15) is 28.8 Å². The van der Waals surface area contributed by atoms with Crippen LogP contribution in [0.5, 0.6) is 11.5 Å². The molecule has 2 aliphatic rings. The minimum atomic E-state index is -0.695. The van der Waals surface area contributed by atoms with Crippen LogP contribution in [0.1, 0.15) is 72.1 Å². The van der Waals surface area contributed by atoms with Gasteiger partial charge in [0.25, 0.3) is 0 Å². The van der Waals surface area contributed by atoms with Crippen LogP contribution in [0, 0.1) is 0 Å². The molecule has 0 radical (unpaired) electrons. The van der Waals surface area contributed by atoms with Crippen molar-refractivity contribution in [3.63, 3.8) is 0 Å². The molecule has 3 unspecified atom stereocenters. The molecule has 4 aromatic rings. The van der Waals surface area contributed by atoms with Gasteiger partial charge in [-0.1, -0.05) is 61.7 Å². The molecule has 14 nitrogen and oxygen atoms in total. The van der Waals surface area contributed by atoms with E-state index in [-0.39, 0.29) is 51.2 Å². The van der Waals surface area contributed by atoms with Crippen LogP contribution in [0.2, 0.25) is 0 Å². The molecule has 14 heteroatoms. The van der Waals surface area contributed by atoms with E-state index in [2.05, 4.69) is 13.2 Å². The predicted octanol–water partition coefficient (Wildman–Crippen LogP) is 7.96. The number of rotatable bonds is 22. The summed E-state index contributed by atoms with van der Waals surface area (Å²) in [6.07, 6.45) is 4.07. The number of ether oxygens (including phenoxy) is 8. The van der Waals surface area contributed by atoms with Gasteiger partial charge in [-0.2, -0.15) is 0 Å². The predicted molar refractivity (Wildman–Crippen MR) is 232 cm³/mol. The van der Waals surface area contributed by atoms with Gasteiger partial charge in [0.2, 0.25) is 0 Å². The fourth-order valence-electron chi connectivity index (χ4n) is 7.00. The third-order valence-corrected chi connectivity index (χ3v) is 10.4. The minimum absolute atomic E-state index is 0.0840. The van der Waals surface area contributed by atoms with Crippen LogP contribution in [-0.2, 0) is 47.6 Å². The van der Waals surface area contributed by atoms with Crippen LogP contribution in [0.25, 0.3) is 22.3 Å². The molecular weight excluding hydrogens is 825 g/mol. The zero-order valence-corrected chi connectivity index (χ0v) is 35.3. The Kier molecular flexibility index (Phi) is 17.1. The van der Waals surface area contributed by atoms with Gasteiger partial charge < -0.3 is 37.9 Å². The summed E-state index contributed by atoms with van der Waals surface area (Å²) < 4.78 is 44.1. The molecule has 0 amide bonds. The van der Waals surface area contributed by atoms with Gasteiger partial charge in [0, 0.05) is 25.0 Å². The molecule has 4 atom stereocenters. The van der Waals surface area contributed by atoms with Crippen LogP contribution in [-0.4, -0.2) is 86.7 Å². The lowest BCUT2D eigenvalue weighted by Crippen LogP contribution is -2.36. The number of esters is 6. The Morgan fingerprint density at radius 1 is 0.484 bits per heavy atom. The van der Waals surface area contributed by atoms with Crippen molar-refractivity contribution in [1.29, 1.82) is 0 Å². The average Bonchev–Trinajstić information content (AvgIpc) is 3.91. The van der Waals surface area contributed by atoms with Gasteiger partial charge in [0.05, 0.1) is 37.6 Å². The molecule has 0 N–H and O–H groups in total. The zero-order chi connectivity index (χ0) is 45.3. The van der Waals surface area contributed by atoms with Crippen molar-refractivity contribution in [2.24, 2.45) is 0 Å². The third kappa shape index (κ3) is 13.5. The second-order valence-corrected chi connectivity index (χ2v) is 15.0. The molecule has 0 aliphatic carbocycles. The van der Waals surface area contributed by atoms with E-state index in [4.69, 9.17) is 37.9 Å². The van der Waals surface area contributed by atoms with Crippen molar-refractivity contribution in [2.45, 2.75) is 75.8 Å². The minimum Gasteiger partial charge on any atom is -0.463 e. The number of carbonyl (C=O) groups excluding carboxylic acids is 6. The monoisotopic (exact) mass is 874 g/mol. The highest BCUT2D eigenvalue weighted by molar-refractivity contribution is 5.91. The summed E-state index contributed by atoms with van der Waals surface area (Å²) in [6.45, 7) is 7.42. The molecule has 2 fully saturated rings. The average molecular weight is 875 g/mol. The third-order valence-electron chi connectivity index (χ3n) is 10.4. The highest BCUT2D eigenvalue weighted by Gasteiger charge is 2.51. The highest BCUT2D eigenvalue weighted by atomic mass is 16.7. The quantitative estimate of drug-likeness (QED) is 0.0244. The maximum absolute atomic E-state index is 13.1. The van der Waals surface area contributed by atoms with Gasteiger partial charge in [0.1, 0.15) is 23.7 Å². The molecule has 0 bridgehead atoms. The Labute approximate surface area is 371 Å². The van der Waals surface area contributed by atoms with E-state index in [1.54, 1.807) is 72.8 Å². The molecule has 334 valence electrons. The van der Waals surface area contributed by atoms with E-state index < -0.39 is 48.3 Å². The number of hydrogen-bond donors (Lipinski definition) is 0. The summed E-state index contributed by atoms with van der Waals surface area (Å²) >= 11 is 0. The van der Waals surface area contributed by atoms with Gasteiger partial charge in [-0.3, -0.25) is 9.59 Å². The summed E-state index contributed by atoms with van der Waals surface area (Å²) in [5.41, 5.74) is 4.08. The van der Waals surface area contributed by atoms with Crippen molar-refractivity contribution in [2.75, 3.05) is 26.4 Å². The smallest absolute Gasteiger partial charge is 0.338 e. The largest absolute Gasteiger partial charge is 0.463 e. The Balaban J connectivity index is 0.899. The Morgan fingerprint density at radius 3 is 1.17 bits per heavy atom. The van der Waals surface area contributed by atoms with E-state index in [1.165, 1.54) is 0 Å². The normalized spacial score (nSPS) is 17.3. The SMILES string of the molecule is C=CC(=O)OCCCCCC(=O)Oc1ccc(-c2ccc(C(=O)OC3COC4C3OC[C@@H]4OC(=O)c3ccc(-c4ccc(OC(=O)CCCCCOC(=O)C=C)cc4)cc3)cc2)cc1. The molecule has 0 spiro atoms. The fourth-order valence-corrected chi connectivity index (χ4v) is 7.00. The Morgan fingerprint density at radius 2 is 0.828 bits per heavy atom. The van der Waals surface area contributed by atoms with Crippen LogP contribution in [0.4, 0.5) is 0 Å². The number of carbonyl (C=O) groups is 6. The lowest BCUT2D eigenvalue weighted by molar-refractivity contribution is -0.138. The molecule has 4 aromatic carbocycles. The van der Waals surface area contributed by atoms with Gasteiger partial charge in [-0.05, 0) is 109 Å². The van der Waals surface area contributed by atoms with Crippen molar-refractivity contribution in [1.82, 2.24) is 0 Å². The Bertz CT molecular complexity index is 2090. The van der Waals surface area contributed by atoms with E-state index in [0.29, 0.717) is 48.3 Å². The maximum atomic E-state index is 13.1. The molecule has 2 aliphatic heterocycles. The van der Waals surface area contributed by atoms with Crippen molar-refractivity contribution < 1.29 is 66.7 Å². The van der Waals surface area contributed by atoms with Crippen LogP contribution in [0.15, 0.2) is 122 Å². The van der Waals surface area contributed by atoms with Crippen molar-refractivity contribution >= 4 is 35.8 Å². The van der Waals surface area contributed by atoms with Crippen LogP contribution < -0.4 is 9.47 Å². The van der Waals surface area contributed by atoms with Crippen molar-refractivity contribution in [3.8, 4) is 33.8 Å². The molecule has 64 heavy (non-hydrogen) atoms. The second-order valence-electron chi connectivity index (χ2n) is 15.0. The number of unbranched alkanes of at least 4 members (excludes halogenated alkanes) is 4. The van der Waals surface area contributed by atoms with E-state index in [1.807, 2.05) is 24.3 Å². The molecular formula is C50H50O14. The highest BCUT2D eigenvalue weighted by Crippen LogP contribution is 2.32. The summed E-state index contributed by atoms with van der Waals surface area (Å²) in [4.78, 5) is 72.9. The van der Waals surface area contributed by atoms with Crippen LogP contribution >= 0.6 is 0 Å². The molecule has 2 saturated heterocycles. The number of benzene rings is 4. The van der Waals surface area contributed by atoms with E-state index in [0.717, 1.165) is 47.2 Å². The van der Waals surface area contributed by atoms with Crippen molar-refractivity contribution in [3.05, 3.63) is 133 Å². The standard InChI is InChI=1S/C50H50O14/c1-3-43(51)57-29-9-5-7-11-45(53)61-39-25-21-35(22-26-39)33-13-17-37(18-14-33)49(55)63-41-31-59-48-42(32-60-47(41)48)64-50(56)38-19-15-34(16-20-38)36-23-27-40(28-24-36)62-46(54)12-8-6-10-30-58-44(52)4-2/h3-4,13-28,41-42,47-48H,1-2,5-12,29-32H2/t41-,42?,47?,48?/m0/s1. The Hall–Kier alpha value is -6.90. The topological polar surface area (TPSA) is 176 Å². The fraction of sp³-hybridized carbons (Fsp3) is 0.320. The first-order valence-electron chi connectivity index (χ1n) is 21.2. The van der Waals surface area contributed by atoms with Gasteiger partial charge >= 0.3 is 35.8 Å². The molecule has 6 rings (SSSR count). The summed E-state index contributed by atoms with van der Waals surface area (Å²) in [5, 5.41) is 0. The number of hydrogen-bond acceptors (Lipinski definition) is 14.